The average molecular weight is 420 g/mol. The van der Waals surface area contributed by atoms with Crippen molar-refractivity contribution in [3.63, 3.8) is 0 Å². The van der Waals surface area contributed by atoms with Gasteiger partial charge in [0.2, 0.25) is 0 Å². The lowest BCUT2D eigenvalue weighted by Gasteiger charge is -2.21. The quantitative estimate of drug-likeness (QED) is 0.294. The highest BCUT2D eigenvalue weighted by atomic mass is 35.5. The Bertz CT molecular complexity index is 1250. The van der Waals surface area contributed by atoms with Crippen LogP contribution in [0.25, 0.3) is 22.5 Å². The van der Waals surface area contributed by atoms with Crippen LogP contribution in [-0.2, 0) is 0 Å². The van der Waals surface area contributed by atoms with E-state index in [1.807, 2.05) is 36.4 Å². The van der Waals surface area contributed by atoms with Crippen molar-refractivity contribution in [2.24, 2.45) is 0 Å². The van der Waals surface area contributed by atoms with Gasteiger partial charge in [0.15, 0.2) is 4.77 Å². The normalized spacial score (nSPS) is 12.0. The van der Waals surface area contributed by atoms with Gasteiger partial charge >= 0.3 is 0 Å². The van der Waals surface area contributed by atoms with E-state index in [9.17, 15) is 0 Å². The number of halogens is 1. The molecule has 0 unspecified atom stereocenters. The maximum absolute atomic E-state index is 6.01. The van der Waals surface area contributed by atoms with E-state index in [-0.39, 0.29) is 0 Å². The van der Waals surface area contributed by atoms with Crippen molar-refractivity contribution in [2.45, 2.75) is 9.79 Å². The van der Waals surface area contributed by atoms with Crippen LogP contribution in [0, 0.1) is 4.77 Å². The molecule has 0 spiro atoms. The van der Waals surface area contributed by atoms with Gasteiger partial charge in [0.1, 0.15) is 0 Å². The molecule has 0 fully saturated rings. The first-order chi connectivity index (χ1) is 13.7. The van der Waals surface area contributed by atoms with Crippen molar-refractivity contribution < 1.29 is 0 Å². The number of fused-ring (bicyclic) bond motifs is 2. The van der Waals surface area contributed by atoms with Crippen molar-refractivity contribution in [2.75, 3.05) is 5.32 Å². The Hall–Kier alpha value is -2.60. The van der Waals surface area contributed by atoms with Gasteiger partial charge in [-0.3, -0.25) is 0 Å². The lowest BCUT2D eigenvalue weighted by atomic mass is 10.1. The smallest absolute Gasteiger partial charge is 0.197 e. The molecule has 6 heteroatoms. The highest BCUT2D eigenvalue weighted by Crippen LogP contribution is 2.45. The van der Waals surface area contributed by atoms with Crippen LogP contribution in [0.2, 0.25) is 5.02 Å². The van der Waals surface area contributed by atoms with E-state index in [1.54, 1.807) is 11.8 Å². The number of hydrogen-bond donors (Lipinski definition) is 2. The number of nitrogens with one attached hydrogen (secondary N) is 2. The number of aromatic amines is 1. The fourth-order valence-electron chi connectivity index (χ4n) is 3.19. The van der Waals surface area contributed by atoms with Crippen LogP contribution >= 0.6 is 35.6 Å². The van der Waals surface area contributed by atoms with Crippen LogP contribution < -0.4 is 5.32 Å². The zero-order chi connectivity index (χ0) is 19.1. The predicted molar refractivity (Wildman–Crippen MR) is 119 cm³/mol. The predicted octanol–water partition coefficient (Wildman–Crippen LogP) is 7.33. The molecule has 28 heavy (non-hydrogen) atoms. The summed E-state index contributed by atoms with van der Waals surface area (Å²) in [5.41, 5.74) is 5.98. The molecular weight excluding hydrogens is 406 g/mol. The zero-order valence-corrected chi connectivity index (χ0v) is 17.0. The Kier molecular flexibility index (Phi) is 4.43. The van der Waals surface area contributed by atoms with E-state index in [0.717, 1.165) is 33.9 Å². The summed E-state index contributed by atoms with van der Waals surface area (Å²) in [6.45, 7) is 0. The number of rotatable bonds is 2. The SMILES string of the molecule is S=c1nc(-c2ccc3c(c2)Nc2ccccc2S3)cc(-c2ccc(Cl)cc2)[nH]1. The van der Waals surface area contributed by atoms with Crippen LogP contribution in [0.3, 0.4) is 0 Å². The second-order valence-corrected chi connectivity index (χ2v) is 8.33. The van der Waals surface area contributed by atoms with E-state index in [4.69, 9.17) is 23.8 Å². The van der Waals surface area contributed by atoms with Crippen LogP contribution in [-0.4, -0.2) is 9.97 Å². The van der Waals surface area contributed by atoms with E-state index in [0.29, 0.717) is 9.79 Å². The first-order valence-electron chi connectivity index (χ1n) is 8.71. The number of aromatic nitrogens is 2. The minimum Gasteiger partial charge on any atom is -0.354 e. The summed E-state index contributed by atoms with van der Waals surface area (Å²) in [7, 11) is 0. The number of benzene rings is 3. The number of para-hydroxylation sites is 1. The van der Waals surface area contributed by atoms with Crippen molar-refractivity contribution in [3.05, 3.63) is 82.6 Å². The zero-order valence-electron chi connectivity index (χ0n) is 14.6. The Morgan fingerprint density at radius 2 is 1.57 bits per heavy atom. The second kappa shape index (κ2) is 7.09. The third kappa shape index (κ3) is 3.33. The number of H-pyrrole nitrogens is 1. The standard InChI is InChI=1S/C22H14ClN3S2/c23-15-8-5-13(6-9-15)17-12-18(26-22(27)25-17)14-7-10-21-19(11-14)24-16-3-1-2-4-20(16)28-21/h1-12,24H,(H,25,26,27). The number of hydrogen-bond acceptors (Lipinski definition) is 4. The van der Waals surface area contributed by atoms with Crippen LogP contribution in [0.5, 0.6) is 0 Å². The van der Waals surface area contributed by atoms with Crippen LogP contribution in [0.1, 0.15) is 0 Å². The molecule has 0 bridgehead atoms. The Morgan fingerprint density at radius 1 is 0.821 bits per heavy atom. The molecule has 136 valence electrons. The molecule has 3 nitrogen and oxygen atoms in total. The monoisotopic (exact) mass is 419 g/mol. The third-order valence-corrected chi connectivity index (χ3v) is 6.15. The van der Waals surface area contributed by atoms with Crippen molar-refractivity contribution in [1.29, 1.82) is 0 Å². The lowest BCUT2D eigenvalue weighted by molar-refractivity contribution is 1.14. The number of anilines is 2. The summed E-state index contributed by atoms with van der Waals surface area (Å²) in [6, 6.07) is 24.3. The summed E-state index contributed by atoms with van der Waals surface area (Å²) >= 11 is 13.2. The molecule has 0 radical (unpaired) electrons. The molecule has 3 aromatic carbocycles. The first-order valence-corrected chi connectivity index (χ1v) is 10.3. The minimum atomic E-state index is 0.452. The summed E-state index contributed by atoms with van der Waals surface area (Å²) in [5.74, 6) is 0. The van der Waals surface area contributed by atoms with E-state index in [1.165, 1.54) is 9.79 Å². The minimum absolute atomic E-state index is 0.452. The van der Waals surface area contributed by atoms with Crippen molar-refractivity contribution in [3.8, 4) is 22.5 Å². The van der Waals surface area contributed by atoms with Gasteiger partial charge in [-0.15, -0.1) is 0 Å². The first kappa shape index (κ1) is 17.5. The summed E-state index contributed by atoms with van der Waals surface area (Å²) in [6.07, 6.45) is 0. The molecule has 0 amide bonds. The molecule has 0 saturated heterocycles. The second-order valence-electron chi connectivity index (χ2n) is 6.43. The van der Waals surface area contributed by atoms with Crippen LogP contribution in [0.15, 0.2) is 82.6 Å². The van der Waals surface area contributed by atoms with Crippen LogP contribution in [0.4, 0.5) is 11.4 Å². The molecule has 0 saturated carbocycles. The van der Waals surface area contributed by atoms with Gasteiger partial charge < -0.3 is 10.3 Å². The molecule has 5 rings (SSSR count). The van der Waals surface area contributed by atoms with Gasteiger partial charge in [0, 0.05) is 26.1 Å². The molecule has 0 aliphatic carbocycles. The molecule has 2 heterocycles. The maximum atomic E-state index is 6.01. The highest BCUT2D eigenvalue weighted by Gasteiger charge is 2.16. The topological polar surface area (TPSA) is 40.7 Å². The maximum Gasteiger partial charge on any atom is 0.197 e. The van der Waals surface area contributed by atoms with Gasteiger partial charge in [-0.1, -0.05) is 53.7 Å². The molecule has 2 N–H and O–H groups in total. The molecule has 0 atom stereocenters. The van der Waals surface area contributed by atoms with Gasteiger partial charge in [0.25, 0.3) is 0 Å². The average Bonchev–Trinajstić information content (AvgIpc) is 2.72. The Balaban J connectivity index is 1.56. The van der Waals surface area contributed by atoms with Crippen molar-refractivity contribution >= 4 is 47.0 Å². The Morgan fingerprint density at radius 3 is 2.43 bits per heavy atom. The fourth-order valence-corrected chi connectivity index (χ4v) is 4.49. The molecule has 1 aliphatic heterocycles. The molecular formula is C22H14ClN3S2. The lowest BCUT2D eigenvalue weighted by Crippen LogP contribution is -2.00. The number of nitrogens with zero attached hydrogens (tertiary/aromatic N) is 1. The van der Waals surface area contributed by atoms with Gasteiger partial charge in [-0.25, -0.2) is 4.98 Å². The van der Waals surface area contributed by atoms with E-state index in [2.05, 4.69) is 51.7 Å². The summed E-state index contributed by atoms with van der Waals surface area (Å²) in [4.78, 5) is 10.1. The molecule has 4 aromatic rings. The van der Waals surface area contributed by atoms with Gasteiger partial charge in [0.05, 0.1) is 17.1 Å². The van der Waals surface area contributed by atoms with E-state index < -0.39 is 0 Å². The third-order valence-electron chi connectivity index (χ3n) is 4.55. The highest BCUT2D eigenvalue weighted by molar-refractivity contribution is 7.99. The summed E-state index contributed by atoms with van der Waals surface area (Å²) < 4.78 is 0.452. The van der Waals surface area contributed by atoms with Gasteiger partial charge in [-0.05, 0) is 60.2 Å². The Labute approximate surface area is 176 Å². The fraction of sp³-hybridized carbons (Fsp3) is 0. The van der Waals surface area contributed by atoms with Crippen molar-refractivity contribution in [1.82, 2.24) is 9.97 Å². The molecule has 1 aliphatic rings. The summed E-state index contributed by atoms with van der Waals surface area (Å²) in [5, 5.41) is 4.22. The van der Waals surface area contributed by atoms with Gasteiger partial charge in [-0.2, -0.15) is 0 Å². The molecule has 1 aromatic heterocycles. The largest absolute Gasteiger partial charge is 0.354 e. The van der Waals surface area contributed by atoms with E-state index >= 15 is 0 Å².